The zero-order valence-corrected chi connectivity index (χ0v) is 24.8. The van der Waals surface area contributed by atoms with Crippen molar-refractivity contribution in [3.8, 4) is 0 Å². The molecule has 1 N–H and O–H groups in total. The van der Waals surface area contributed by atoms with Crippen LogP contribution in [0.5, 0.6) is 0 Å². The summed E-state index contributed by atoms with van der Waals surface area (Å²) in [6, 6.07) is 17.5. The first-order valence-electron chi connectivity index (χ1n) is 12.6. The summed E-state index contributed by atoms with van der Waals surface area (Å²) in [5, 5.41) is 2.90. The van der Waals surface area contributed by atoms with E-state index < -0.39 is 34.3 Å². The molecule has 2 amide bonds. The molecule has 39 heavy (non-hydrogen) atoms. The summed E-state index contributed by atoms with van der Waals surface area (Å²) in [4.78, 5) is 28.2. The molecule has 0 saturated carbocycles. The maximum absolute atomic E-state index is 13.9. The van der Waals surface area contributed by atoms with Gasteiger partial charge in [-0.2, -0.15) is 0 Å². The van der Waals surface area contributed by atoms with Crippen LogP contribution in [0.1, 0.15) is 38.3 Å². The summed E-state index contributed by atoms with van der Waals surface area (Å²) in [5.74, 6) is -1.47. The van der Waals surface area contributed by atoms with Gasteiger partial charge in [0, 0.05) is 17.1 Å². The Balaban J connectivity index is 2.01. The lowest BCUT2D eigenvalue weighted by Crippen LogP contribution is -2.52. The predicted molar refractivity (Wildman–Crippen MR) is 154 cm³/mol. The van der Waals surface area contributed by atoms with Crippen molar-refractivity contribution in [2.45, 2.75) is 57.6 Å². The van der Waals surface area contributed by atoms with E-state index in [-0.39, 0.29) is 29.1 Å². The first-order valence-corrected chi connectivity index (χ1v) is 14.8. The van der Waals surface area contributed by atoms with Crippen LogP contribution in [0, 0.1) is 12.7 Å². The van der Waals surface area contributed by atoms with Crippen LogP contribution in [-0.4, -0.2) is 43.8 Å². The van der Waals surface area contributed by atoms with Crippen LogP contribution in [0.2, 0.25) is 0 Å². The highest BCUT2D eigenvalue weighted by Crippen LogP contribution is 2.25. The van der Waals surface area contributed by atoms with Crippen molar-refractivity contribution in [3.05, 3.63) is 94.2 Å². The SMILES string of the molecule is CCC(C)NC(=O)C(C)N(Cc1ccc(Br)cc1)C(=O)CN(c1ccc(C)cc1)S(=O)(=O)c1ccc(F)cc1. The van der Waals surface area contributed by atoms with Gasteiger partial charge in [-0.15, -0.1) is 0 Å². The van der Waals surface area contributed by atoms with Gasteiger partial charge in [-0.1, -0.05) is 52.7 Å². The second kappa shape index (κ2) is 13.2. The van der Waals surface area contributed by atoms with Gasteiger partial charge in [-0.25, -0.2) is 12.8 Å². The Bertz CT molecular complexity index is 1380. The number of halogens is 2. The molecule has 3 aromatic rings. The van der Waals surface area contributed by atoms with Crippen LogP contribution in [-0.2, 0) is 26.2 Å². The minimum atomic E-state index is -4.25. The average molecular weight is 619 g/mol. The molecular formula is C29H33BrFN3O4S. The van der Waals surface area contributed by atoms with Crippen molar-refractivity contribution in [1.29, 1.82) is 0 Å². The Labute approximate surface area is 238 Å². The largest absolute Gasteiger partial charge is 0.352 e. The van der Waals surface area contributed by atoms with Crippen LogP contribution >= 0.6 is 15.9 Å². The van der Waals surface area contributed by atoms with Crippen molar-refractivity contribution in [2.24, 2.45) is 0 Å². The molecule has 0 aliphatic heterocycles. The molecule has 0 aromatic heterocycles. The molecule has 3 aromatic carbocycles. The number of nitrogens with zero attached hydrogens (tertiary/aromatic N) is 2. The van der Waals surface area contributed by atoms with E-state index in [0.29, 0.717) is 0 Å². The van der Waals surface area contributed by atoms with E-state index in [1.165, 1.54) is 4.90 Å². The molecule has 208 valence electrons. The van der Waals surface area contributed by atoms with Crippen molar-refractivity contribution in [2.75, 3.05) is 10.8 Å². The van der Waals surface area contributed by atoms with Gasteiger partial charge in [0.15, 0.2) is 0 Å². The average Bonchev–Trinajstić information content (AvgIpc) is 2.91. The Morgan fingerprint density at radius 1 is 0.949 bits per heavy atom. The van der Waals surface area contributed by atoms with Gasteiger partial charge in [-0.3, -0.25) is 13.9 Å². The number of sulfonamides is 1. The summed E-state index contributed by atoms with van der Waals surface area (Å²) < 4.78 is 42.9. The van der Waals surface area contributed by atoms with Crippen LogP contribution in [0.25, 0.3) is 0 Å². The van der Waals surface area contributed by atoms with Gasteiger partial charge >= 0.3 is 0 Å². The Kier molecular flexibility index (Phi) is 10.3. The summed E-state index contributed by atoms with van der Waals surface area (Å²) in [6.45, 7) is 6.85. The minimum Gasteiger partial charge on any atom is -0.352 e. The molecule has 0 spiro atoms. The summed E-state index contributed by atoms with van der Waals surface area (Å²) >= 11 is 3.40. The van der Waals surface area contributed by atoms with E-state index in [1.807, 2.05) is 45.0 Å². The standard InChI is InChI=1S/C29H33BrFN3O4S/c1-5-21(3)32-29(36)22(4)33(18-23-8-10-24(30)11-9-23)28(35)19-34(26-14-6-20(2)7-15-26)39(37,38)27-16-12-25(31)13-17-27/h6-17,21-22H,5,18-19H2,1-4H3,(H,32,36). The fourth-order valence-electron chi connectivity index (χ4n) is 3.81. The van der Waals surface area contributed by atoms with Gasteiger partial charge in [0.1, 0.15) is 18.4 Å². The molecule has 2 unspecified atom stereocenters. The number of hydrogen-bond donors (Lipinski definition) is 1. The number of amides is 2. The number of benzene rings is 3. The fourth-order valence-corrected chi connectivity index (χ4v) is 5.49. The molecule has 0 heterocycles. The highest BCUT2D eigenvalue weighted by atomic mass is 79.9. The monoisotopic (exact) mass is 617 g/mol. The zero-order valence-electron chi connectivity index (χ0n) is 22.4. The number of hydrogen-bond acceptors (Lipinski definition) is 4. The van der Waals surface area contributed by atoms with Crippen LogP contribution < -0.4 is 9.62 Å². The van der Waals surface area contributed by atoms with Gasteiger partial charge in [0.25, 0.3) is 10.0 Å². The number of rotatable bonds is 11. The van der Waals surface area contributed by atoms with E-state index in [9.17, 15) is 22.4 Å². The second-order valence-electron chi connectivity index (χ2n) is 9.44. The molecule has 2 atom stereocenters. The van der Waals surface area contributed by atoms with Crippen LogP contribution in [0.15, 0.2) is 82.2 Å². The predicted octanol–water partition coefficient (Wildman–Crippen LogP) is 5.42. The van der Waals surface area contributed by atoms with Crippen molar-refractivity contribution in [1.82, 2.24) is 10.2 Å². The number of anilines is 1. The van der Waals surface area contributed by atoms with Crippen molar-refractivity contribution >= 4 is 43.5 Å². The molecule has 0 aliphatic rings. The maximum Gasteiger partial charge on any atom is 0.264 e. The van der Waals surface area contributed by atoms with Crippen LogP contribution in [0.3, 0.4) is 0 Å². The molecule has 7 nitrogen and oxygen atoms in total. The first-order chi connectivity index (χ1) is 18.4. The Hall–Kier alpha value is -3.24. The van der Waals surface area contributed by atoms with E-state index >= 15 is 0 Å². The second-order valence-corrected chi connectivity index (χ2v) is 12.2. The lowest BCUT2D eigenvalue weighted by molar-refractivity contribution is -0.139. The molecule has 0 bridgehead atoms. The fraction of sp³-hybridized carbons (Fsp3) is 0.310. The van der Waals surface area contributed by atoms with Crippen molar-refractivity contribution in [3.63, 3.8) is 0 Å². The third kappa shape index (κ3) is 7.89. The third-order valence-electron chi connectivity index (χ3n) is 6.44. The van der Waals surface area contributed by atoms with Crippen molar-refractivity contribution < 1.29 is 22.4 Å². The molecule has 0 aliphatic carbocycles. The highest BCUT2D eigenvalue weighted by Gasteiger charge is 2.32. The quantitative estimate of drug-likeness (QED) is 0.311. The maximum atomic E-state index is 13.9. The lowest BCUT2D eigenvalue weighted by atomic mass is 10.1. The van der Waals surface area contributed by atoms with E-state index in [2.05, 4.69) is 21.2 Å². The number of carbonyl (C=O) groups excluding carboxylic acids is 2. The zero-order chi connectivity index (χ0) is 28.7. The molecule has 3 rings (SSSR count). The highest BCUT2D eigenvalue weighted by molar-refractivity contribution is 9.10. The minimum absolute atomic E-state index is 0.0903. The third-order valence-corrected chi connectivity index (χ3v) is 8.75. The molecule has 0 radical (unpaired) electrons. The van der Waals surface area contributed by atoms with Gasteiger partial charge in [-0.05, 0) is 81.3 Å². The number of aryl methyl sites for hydroxylation is 1. The molecule has 0 fully saturated rings. The van der Waals surface area contributed by atoms with Gasteiger partial charge < -0.3 is 10.2 Å². The van der Waals surface area contributed by atoms with E-state index in [0.717, 1.165) is 50.6 Å². The summed E-state index contributed by atoms with van der Waals surface area (Å²) in [5.41, 5.74) is 1.97. The summed E-state index contributed by atoms with van der Waals surface area (Å²) in [6.07, 6.45) is 0.718. The Morgan fingerprint density at radius 2 is 1.54 bits per heavy atom. The van der Waals surface area contributed by atoms with E-state index in [1.54, 1.807) is 31.2 Å². The van der Waals surface area contributed by atoms with Gasteiger partial charge in [0.2, 0.25) is 11.8 Å². The smallest absolute Gasteiger partial charge is 0.264 e. The number of nitrogens with one attached hydrogen (secondary N) is 1. The number of carbonyl (C=O) groups is 2. The lowest BCUT2D eigenvalue weighted by Gasteiger charge is -2.32. The molecule has 0 saturated heterocycles. The molecular weight excluding hydrogens is 585 g/mol. The summed E-state index contributed by atoms with van der Waals surface area (Å²) in [7, 11) is -4.25. The van der Waals surface area contributed by atoms with E-state index in [4.69, 9.17) is 0 Å². The molecule has 10 heteroatoms. The van der Waals surface area contributed by atoms with Gasteiger partial charge in [0.05, 0.1) is 10.6 Å². The normalized spacial score (nSPS) is 12.9. The van der Waals surface area contributed by atoms with Crippen LogP contribution in [0.4, 0.5) is 10.1 Å². The first kappa shape index (κ1) is 30.3. The topological polar surface area (TPSA) is 86.8 Å². The Morgan fingerprint density at radius 3 is 2.10 bits per heavy atom.